The Bertz CT molecular complexity index is 176. The van der Waals surface area contributed by atoms with Gasteiger partial charge in [-0.15, -0.1) is 0 Å². The van der Waals surface area contributed by atoms with E-state index in [0.29, 0.717) is 6.10 Å². The molecule has 0 bridgehead atoms. The van der Waals surface area contributed by atoms with Gasteiger partial charge in [-0.2, -0.15) is 0 Å². The zero-order valence-electron chi connectivity index (χ0n) is 10.3. The summed E-state index contributed by atoms with van der Waals surface area (Å²) in [5.41, 5.74) is -0.561. The second kappa shape index (κ2) is 5.83. The van der Waals surface area contributed by atoms with E-state index in [1.165, 1.54) is 12.8 Å². The van der Waals surface area contributed by atoms with Crippen molar-refractivity contribution in [2.75, 3.05) is 26.2 Å². The van der Waals surface area contributed by atoms with Crippen molar-refractivity contribution in [1.82, 2.24) is 4.90 Å². The fourth-order valence-corrected chi connectivity index (χ4v) is 1.98. The van der Waals surface area contributed by atoms with Gasteiger partial charge in [-0.1, -0.05) is 13.8 Å². The number of aliphatic hydroxyl groups is 1. The van der Waals surface area contributed by atoms with Gasteiger partial charge in [0, 0.05) is 19.7 Å². The summed E-state index contributed by atoms with van der Waals surface area (Å²) in [6.45, 7) is 9.68. The minimum Gasteiger partial charge on any atom is -0.389 e. The zero-order chi connectivity index (χ0) is 11.3. The Morgan fingerprint density at radius 3 is 2.67 bits per heavy atom. The fraction of sp³-hybridized carbons (Fsp3) is 1.00. The van der Waals surface area contributed by atoms with Crippen LogP contribution in [0.4, 0.5) is 0 Å². The molecule has 90 valence electrons. The average Bonchev–Trinajstić information content (AvgIpc) is 2.69. The Hall–Kier alpha value is -0.120. The van der Waals surface area contributed by atoms with E-state index in [9.17, 15) is 5.11 Å². The molecule has 0 aromatic carbocycles. The Kier molecular flexibility index (Phi) is 5.03. The molecule has 2 atom stereocenters. The number of rotatable bonds is 6. The molecular formula is C12H25NO2. The zero-order valence-corrected chi connectivity index (χ0v) is 10.3. The molecular weight excluding hydrogens is 190 g/mol. The van der Waals surface area contributed by atoms with Crippen molar-refractivity contribution in [2.45, 2.75) is 51.7 Å². The van der Waals surface area contributed by atoms with Gasteiger partial charge >= 0.3 is 0 Å². The fourth-order valence-electron chi connectivity index (χ4n) is 1.98. The number of hydrogen-bond donors (Lipinski definition) is 1. The highest BCUT2D eigenvalue weighted by Gasteiger charge is 2.24. The highest BCUT2D eigenvalue weighted by atomic mass is 16.5. The molecule has 0 aromatic heterocycles. The largest absolute Gasteiger partial charge is 0.389 e. The minimum absolute atomic E-state index is 0.387. The molecule has 3 heteroatoms. The van der Waals surface area contributed by atoms with Crippen LogP contribution in [0.2, 0.25) is 0 Å². The van der Waals surface area contributed by atoms with E-state index >= 15 is 0 Å². The van der Waals surface area contributed by atoms with Crippen LogP contribution in [0.3, 0.4) is 0 Å². The minimum atomic E-state index is -0.561. The van der Waals surface area contributed by atoms with E-state index < -0.39 is 5.60 Å². The van der Waals surface area contributed by atoms with Crippen LogP contribution >= 0.6 is 0 Å². The van der Waals surface area contributed by atoms with Crippen molar-refractivity contribution >= 4 is 0 Å². The van der Waals surface area contributed by atoms with Gasteiger partial charge in [0.2, 0.25) is 0 Å². The first-order valence-corrected chi connectivity index (χ1v) is 6.13. The molecule has 1 N–H and O–H groups in total. The lowest BCUT2D eigenvalue weighted by molar-refractivity contribution is -0.000337. The van der Waals surface area contributed by atoms with Crippen molar-refractivity contribution in [3.63, 3.8) is 0 Å². The Morgan fingerprint density at radius 1 is 1.47 bits per heavy atom. The summed E-state index contributed by atoms with van der Waals surface area (Å²) in [5.74, 6) is 0. The molecule has 1 heterocycles. The molecule has 0 saturated carbocycles. The monoisotopic (exact) mass is 215 g/mol. The second-order valence-electron chi connectivity index (χ2n) is 4.81. The van der Waals surface area contributed by atoms with Crippen LogP contribution in [0.15, 0.2) is 0 Å². The van der Waals surface area contributed by atoms with Crippen molar-refractivity contribution in [3.05, 3.63) is 0 Å². The summed E-state index contributed by atoms with van der Waals surface area (Å²) in [4.78, 5) is 2.29. The third kappa shape index (κ3) is 4.49. The second-order valence-corrected chi connectivity index (χ2v) is 4.81. The van der Waals surface area contributed by atoms with Crippen molar-refractivity contribution < 1.29 is 9.84 Å². The molecule has 0 amide bonds. The SMILES string of the molecule is CCN(CC1CCCO1)CC(C)(O)CC. The van der Waals surface area contributed by atoms with Crippen LogP contribution in [-0.4, -0.2) is 48.0 Å². The Morgan fingerprint density at radius 2 is 2.20 bits per heavy atom. The predicted octanol–water partition coefficient (Wildman–Crippen LogP) is 1.65. The lowest BCUT2D eigenvalue weighted by Gasteiger charge is -2.31. The topological polar surface area (TPSA) is 32.7 Å². The van der Waals surface area contributed by atoms with Gasteiger partial charge in [0.05, 0.1) is 11.7 Å². The molecule has 15 heavy (non-hydrogen) atoms. The van der Waals surface area contributed by atoms with Crippen molar-refractivity contribution in [2.24, 2.45) is 0 Å². The van der Waals surface area contributed by atoms with E-state index in [1.54, 1.807) is 0 Å². The third-order valence-electron chi connectivity index (χ3n) is 3.26. The summed E-state index contributed by atoms with van der Waals surface area (Å²) >= 11 is 0. The van der Waals surface area contributed by atoms with Gasteiger partial charge in [-0.25, -0.2) is 0 Å². The molecule has 0 spiro atoms. The van der Waals surface area contributed by atoms with E-state index in [4.69, 9.17) is 4.74 Å². The quantitative estimate of drug-likeness (QED) is 0.731. The van der Waals surface area contributed by atoms with E-state index in [1.807, 2.05) is 13.8 Å². The van der Waals surface area contributed by atoms with Crippen LogP contribution in [0, 0.1) is 0 Å². The molecule has 1 aliphatic heterocycles. The molecule has 0 aliphatic carbocycles. The maximum Gasteiger partial charge on any atom is 0.0743 e. The summed E-state index contributed by atoms with van der Waals surface area (Å²) in [6, 6.07) is 0. The van der Waals surface area contributed by atoms with Crippen LogP contribution in [0.5, 0.6) is 0 Å². The Labute approximate surface area is 93.4 Å². The lowest BCUT2D eigenvalue weighted by atomic mass is 10.0. The Balaban J connectivity index is 2.34. The summed E-state index contributed by atoms with van der Waals surface area (Å²) in [5, 5.41) is 10.0. The average molecular weight is 215 g/mol. The van der Waals surface area contributed by atoms with Crippen LogP contribution in [-0.2, 0) is 4.74 Å². The molecule has 0 aromatic rings. The standard InChI is InChI=1S/C12H25NO2/c1-4-12(3,14)10-13(5-2)9-11-7-6-8-15-11/h11,14H,4-10H2,1-3H3. The first-order valence-electron chi connectivity index (χ1n) is 6.13. The van der Waals surface area contributed by atoms with E-state index in [0.717, 1.165) is 32.7 Å². The number of hydrogen-bond acceptors (Lipinski definition) is 3. The summed E-state index contributed by atoms with van der Waals surface area (Å²) in [6.07, 6.45) is 3.55. The molecule has 2 unspecified atom stereocenters. The van der Waals surface area contributed by atoms with Gasteiger partial charge < -0.3 is 9.84 Å². The van der Waals surface area contributed by atoms with Gasteiger partial charge in [0.15, 0.2) is 0 Å². The number of nitrogens with zero attached hydrogens (tertiary/aromatic N) is 1. The molecule has 1 aliphatic rings. The molecule has 3 nitrogen and oxygen atoms in total. The van der Waals surface area contributed by atoms with Crippen LogP contribution in [0.25, 0.3) is 0 Å². The smallest absolute Gasteiger partial charge is 0.0743 e. The third-order valence-corrected chi connectivity index (χ3v) is 3.26. The first kappa shape index (κ1) is 12.9. The normalized spacial score (nSPS) is 25.8. The van der Waals surface area contributed by atoms with Crippen LogP contribution < -0.4 is 0 Å². The van der Waals surface area contributed by atoms with Crippen molar-refractivity contribution in [3.8, 4) is 0 Å². The van der Waals surface area contributed by atoms with Crippen LogP contribution in [0.1, 0.15) is 40.0 Å². The molecule has 1 fully saturated rings. The lowest BCUT2D eigenvalue weighted by Crippen LogP contribution is -2.43. The maximum absolute atomic E-state index is 10.0. The van der Waals surface area contributed by atoms with E-state index in [2.05, 4.69) is 11.8 Å². The molecule has 0 radical (unpaired) electrons. The highest BCUT2D eigenvalue weighted by Crippen LogP contribution is 2.16. The first-order chi connectivity index (χ1) is 7.07. The van der Waals surface area contributed by atoms with Gasteiger partial charge in [0.1, 0.15) is 0 Å². The highest BCUT2D eigenvalue weighted by molar-refractivity contribution is 4.78. The molecule has 1 saturated heterocycles. The van der Waals surface area contributed by atoms with Gasteiger partial charge in [-0.3, -0.25) is 4.90 Å². The van der Waals surface area contributed by atoms with Gasteiger partial charge in [0.25, 0.3) is 0 Å². The van der Waals surface area contributed by atoms with E-state index in [-0.39, 0.29) is 0 Å². The predicted molar refractivity (Wildman–Crippen MR) is 62.0 cm³/mol. The number of likely N-dealkylation sites (N-methyl/N-ethyl adjacent to an activating group) is 1. The summed E-state index contributed by atoms with van der Waals surface area (Å²) < 4.78 is 5.61. The number of ether oxygens (including phenoxy) is 1. The molecule has 1 rings (SSSR count). The van der Waals surface area contributed by atoms with Gasteiger partial charge in [-0.05, 0) is 32.7 Å². The van der Waals surface area contributed by atoms with Crippen molar-refractivity contribution in [1.29, 1.82) is 0 Å². The summed E-state index contributed by atoms with van der Waals surface area (Å²) in [7, 11) is 0. The maximum atomic E-state index is 10.0.